The van der Waals surface area contributed by atoms with E-state index in [4.69, 9.17) is 4.74 Å². The molecule has 0 saturated heterocycles. The van der Waals surface area contributed by atoms with Gasteiger partial charge in [-0.3, -0.25) is 4.99 Å². The second-order valence-electron chi connectivity index (χ2n) is 4.13. The lowest BCUT2D eigenvalue weighted by molar-refractivity contribution is 0.208. The molecular weight excluding hydrogens is 264 g/mol. The molecule has 0 heterocycles. The van der Waals surface area contributed by atoms with Crippen LogP contribution in [0.1, 0.15) is 12.5 Å². The second kappa shape index (κ2) is 9.25. The Bertz CT molecular complexity index is 418. The first-order chi connectivity index (χ1) is 9.69. The fourth-order valence-corrected chi connectivity index (χ4v) is 1.67. The van der Waals surface area contributed by atoms with Gasteiger partial charge in [0.25, 0.3) is 0 Å². The average Bonchev–Trinajstić information content (AvgIpc) is 2.42. The van der Waals surface area contributed by atoms with Crippen LogP contribution in [-0.2, 0) is 11.2 Å². The van der Waals surface area contributed by atoms with E-state index in [1.807, 2.05) is 6.92 Å². The van der Waals surface area contributed by atoms with Gasteiger partial charge in [0.1, 0.15) is 11.6 Å². The molecule has 0 atom stereocenters. The Labute approximate surface area is 118 Å². The molecule has 0 saturated carbocycles. The molecule has 0 aromatic heterocycles. The van der Waals surface area contributed by atoms with E-state index >= 15 is 0 Å². The van der Waals surface area contributed by atoms with Crippen molar-refractivity contribution in [2.75, 3.05) is 33.4 Å². The van der Waals surface area contributed by atoms with Crippen molar-refractivity contribution in [3.05, 3.63) is 35.4 Å². The van der Waals surface area contributed by atoms with Gasteiger partial charge >= 0.3 is 0 Å². The predicted molar refractivity (Wildman–Crippen MR) is 75.9 cm³/mol. The van der Waals surface area contributed by atoms with Gasteiger partial charge in [-0.2, -0.15) is 0 Å². The Morgan fingerprint density at radius 2 is 1.95 bits per heavy atom. The van der Waals surface area contributed by atoms with E-state index in [2.05, 4.69) is 15.6 Å². The van der Waals surface area contributed by atoms with Gasteiger partial charge in [0.15, 0.2) is 5.96 Å². The molecule has 1 rings (SSSR count). The molecular formula is C14H21F2N3O. The third kappa shape index (κ3) is 5.52. The summed E-state index contributed by atoms with van der Waals surface area (Å²) in [6, 6.07) is 3.88. The molecule has 1 aromatic carbocycles. The van der Waals surface area contributed by atoms with Crippen LogP contribution in [0.15, 0.2) is 23.2 Å². The van der Waals surface area contributed by atoms with Crippen LogP contribution >= 0.6 is 0 Å². The molecule has 0 unspecified atom stereocenters. The second-order valence-corrected chi connectivity index (χ2v) is 4.13. The highest BCUT2D eigenvalue weighted by molar-refractivity contribution is 5.79. The first-order valence-electron chi connectivity index (χ1n) is 6.63. The molecule has 0 bridgehead atoms. The van der Waals surface area contributed by atoms with Crippen LogP contribution in [0.2, 0.25) is 0 Å². The van der Waals surface area contributed by atoms with Crippen LogP contribution in [0.5, 0.6) is 0 Å². The molecule has 0 aliphatic heterocycles. The molecule has 1 aromatic rings. The zero-order valence-electron chi connectivity index (χ0n) is 11.9. The summed E-state index contributed by atoms with van der Waals surface area (Å²) in [4.78, 5) is 4.26. The summed E-state index contributed by atoms with van der Waals surface area (Å²) >= 11 is 0. The molecule has 0 fully saturated rings. The van der Waals surface area contributed by atoms with Gasteiger partial charge in [0.2, 0.25) is 0 Å². The zero-order valence-corrected chi connectivity index (χ0v) is 11.9. The van der Waals surface area contributed by atoms with Gasteiger partial charge in [-0.05, 0) is 25.5 Å². The summed E-state index contributed by atoms with van der Waals surface area (Å²) in [6.45, 7) is 4.12. The van der Waals surface area contributed by atoms with Crippen molar-refractivity contribution < 1.29 is 13.5 Å². The molecule has 112 valence electrons. The lowest BCUT2D eigenvalue weighted by atomic mass is 10.1. The number of nitrogens with one attached hydrogen (secondary N) is 2. The van der Waals surface area contributed by atoms with Crippen LogP contribution < -0.4 is 10.6 Å². The summed E-state index contributed by atoms with van der Waals surface area (Å²) in [5, 5.41) is 6.09. The minimum Gasteiger partial charge on any atom is -0.383 e. The fourth-order valence-electron chi connectivity index (χ4n) is 1.67. The predicted octanol–water partition coefficient (Wildman–Crippen LogP) is 1.71. The van der Waals surface area contributed by atoms with Crippen molar-refractivity contribution in [1.29, 1.82) is 0 Å². The molecule has 0 spiro atoms. The number of benzene rings is 1. The fraction of sp³-hybridized carbons (Fsp3) is 0.500. The van der Waals surface area contributed by atoms with Crippen LogP contribution in [-0.4, -0.2) is 39.3 Å². The summed E-state index contributed by atoms with van der Waals surface area (Å²) in [6.07, 6.45) is 0.257. The van der Waals surface area contributed by atoms with Crippen LogP contribution in [0, 0.1) is 11.6 Å². The lowest BCUT2D eigenvalue weighted by Crippen LogP contribution is -2.38. The third-order valence-corrected chi connectivity index (χ3v) is 2.64. The van der Waals surface area contributed by atoms with Crippen LogP contribution in [0.25, 0.3) is 0 Å². The highest BCUT2D eigenvalue weighted by atomic mass is 19.1. The van der Waals surface area contributed by atoms with Crippen molar-refractivity contribution in [3.8, 4) is 0 Å². The number of hydrogen-bond donors (Lipinski definition) is 2. The molecule has 0 amide bonds. The van der Waals surface area contributed by atoms with E-state index in [1.165, 1.54) is 18.2 Å². The number of hydrogen-bond acceptors (Lipinski definition) is 2. The van der Waals surface area contributed by atoms with Crippen LogP contribution in [0.4, 0.5) is 8.78 Å². The number of rotatable bonds is 7. The number of halogens is 2. The van der Waals surface area contributed by atoms with E-state index in [9.17, 15) is 8.78 Å². The summed E-state index contributed by atoms with van der Waals surface area (Å²) in [7, 11) is 1.61. The highest BCUT2D eigenvalue weighted by Crippen LogP contribution is 2.11. The Morgan fingerprint density at radius 1 is 1.25 bits per heavy atom. The largest absolute Gasteiger partial charge is 0.383 e. The minimum absolute atomic E-state index is 0.0905. The van der Waals surface area contributed by atoms with E-state index in [0.29, 0.717) is 32.2 Å². The first-order valence-corrected chi connectivity index (χ1v) is 6.63. The molecule has 0 aliphatic carbocycles. The Balaban J connectivity index is 2.49. The smallest absolute Gasteiger partial charge is 0.191 e. The third-order valence-electron chi connectivity index (χ3n) is 2.64. The number of nitrogens with zero attached hydrogens (tertiary/aromatic N) is 1. The van der Waals surface area contributed by atoms with E-state index in [0.717, 1.165) is 0 Å². The molecule has 4 nitrogen and oxygen atoms in total. The maximum atomic E-state index is 13.4. The van der Waals surface area contributed by atoms with E-state index < -0.39 is 11.6 Å². The molecule has 20 heavy (non-hydrogen) atoms. The normalized spacial score (nSPS) is 11.5. The number of ether oxygens (including phenoxy) is 1. The van der Waals surface area contributed by atoms with Gasteiger partial charge in [0.05, 0.1) is 13.2 Å². The Kier molecular flexibility index (Phi) is 7.57. The van der Waals surface area contributed by atoms with Gasteiger partial charge in [-0.25, -0.2) is 8.78 Å². The molecule has 6 heteroatoms. The summed E-state index contributed by atoms with van der Waals surface area (Å²) in [5.41, 5.74) is 0.0905. The van der Waals surface area contributed by atoms with E-state index in [-0.39, 0.29) is 12.0 Å². The number of aliphatic imine (C=N–C) groups is 1. The van der Waals surface area contributed by atoms with Crippen molar-refractivity contribution in [1.82, 2.24) is 10.6 Å². The standard InChI is InChI=1S/C14H21F2N3O/c1-3-17-14(19-9-10-20-2)18-8-7-11-12(15)5-4-6-13(11)16/h4-6H,3,7-10H2,1-2H3,(H2,17,18,19). The Hall–Kier alpha value is -1.69. The lowest BCUT2D eigenvalue weighted by Gasteiger charge is -2.11. The van der Waals surface area contributed by atoms with E-state index in [1.54, 1.807) is 7.11 Å². The van der Waals surface area contributed by atoms with Crippen molar-refractivity contribution in [2.24, 2.45) is 4.99 Å². The maximum Gasteiger partial charge on any atom is 0.191 e. The van der Waals surface area contributed by atoms with Gasteiger partial charge in [-0.1, -0.05) is 6.07 Å². The molecule has 0 radical (unpaired) electrons. The first kappa shape index (κ1) is 16.4. The van der Waals surface area contributed by atoms with Gasteiger partial charge in [0, 0.05) is 25.8 Å². The molecule has 2 N–H and O–H groups in total. The Morgan fingerprint density at radius 3 is 2.55 bits per heavy atom. The van der Waals surface area contributed by atoms with Crippen molar-refractivity contribution >= 4 is 5.96 Å². The summed E-state index contributed by atoms with van der Waals surface area (Å²) < 4.78 is 31.8. The van der Waals surface area contributed by atoms with Crippen molar-refractivity contribution in [2.45, 2.75) is 13.3 Å². The number of methoxy groups -OCH3 is 1. The average molecular weight is 285 g/mol. The quantitative estimate of drug-likeness (QED) is 0.455. The zero-order chi connectivity index (χ0) is 14.8. The minimum atomic E-state index is -0.520. The molecule has 0 aliphatic rings. The number of guanidine groups is 1. The summed E-state index contributed by atoms with van der Waals surface area (Å²) in [5.74, 6) is -0.428. The topological polar surface area (TPSA) is 45.7 Å². The van der Waals surface area contributed by atoms with Crippen molar-refractivity contribution in [3.63, 3.8) is 0 Å². The SMILES string of the molecule is CCNC(=NCCOC)NCCc1c(F)cccc1F. The van der Waals surface area contributed by atoms with Gasteiger partial charge in [-0.15, -0.1) is 0 Å². The van der Waals surface area contributed by atoms with Gasteiger partial charge < -0.3 is 15.4 Å². The monoisotopic (exact) mass is 285 g/mol. The highest BCUT2D eigenvalue weighted by Gasteiger charge is 2.07. The van der Waals surface area contributed by atoms with Crippen LogP contribution in [0.3, 0.4) is 0 Å². The maximum absolute atomic E-state index is 13.4.